The Morgan fingerprint density at radius 2 is 1.89 bits per heavy atom. The number of allylic oxidation sites excluding steroid dienone is 2. The first kappa shape index (κ1) is 28.1. The Bertz CT molecular complexity index is 997. The van der Waals surface area contributed by atoms with Crippen LogP contribution in [-0.2, 0) is 19.2 Å². The molecule has 0 aromatic heterocycles. The second-order valence-corrected chi connectivity index (χ2v) is 13.0. The molecule has 1 amide bonds. The van der Waals surface area contributed by atoms with Gasteiger partial charge in [0.25, 0.3) is 5.91 Å². The van der Waals surface area contributed by atoms with Crippen LogP contribution in [0.4, 0.5) is 0 Å². The number of amides is 1. The number of carboxylic acid groups (broad SMARTS) is 1. The molecule has 0 heterocycles. The molecule has 3 N–H and O–H groups in total. The van der Waals surface area contributed by atoms with Crippen molar-refractivity contribution in [2.45, 2.75) is 90.2 Å². The number of nitrogens with zero attached hydrogens (tertiary/aromatic N) is 1. The largest absolute Gasteiger partial charge is 0.480 e. The summed E-state index contributed by atoms with van der Waals surface area (Å²) in [5.74, 6) is 0.450. The molecule has 4 unspecified atom stereocenters. The number of carbonyl (C=O) groups excluding carboxylic acids is 2. The van der Waals surface area contributed by atoms with E-state index in [0.29, 0.717) is 36.3 Å². The average molecular weight is 535 g/mol. The molecule has 0 aromatic carbocycles. The van der Waals surface area contributed by atoms with Crippen LogP contribution < -0.4 is 5.32 Å². The summed E-state index contributed by atoms with van der Waals surface area (Å²) in [5.41, 5.74) is 0.766. The van der Waals surface area contributed by atoms with Crippen molar-refractivity contribution >= 4 is 35.1 Å². The molecule has 206 valence electrons. The lowest BCUT2D eigenvalue weighted by Gasteiger charge is -2.59. The fourth-order valence-electron chi connectivity index (χ4n) is 8.14. The third kappa shape index (κ3) is 4.98. The van der Waals surface area contributed by atoms with Gasteiger partial charge in [-0.25, -0.2) is 4.79 Å². The summed E-state index contributed by atoms with van der Waals surface area (Å²) in [5, 5.41) is 27.3. The van der Waals surface area contributed by atoms with E-state index in [4.69, 9.17) is 4.84 Å². The van der Waals surface area contributed by atoms with E-state index in [1.165, 1.54) is 17.3 Å². The van der Waals surface area contributed by atoms with Gasteiger partial charge in [-0.2, -0.15) is 11.8 Å². The van der Waals surface area contributed by atoms with Crippen LogP contribution in [0.25, 0.3) is 0 Å². The van der Waals surface area contributed by atoms with E-state index in [2.05, 4.69) is 30.4 Å². The Balaban J connectivity index is 1.39. The maximum absolute atomic E-state index is 12.4. The Hall–Kier alpha value is -1.87. The molecule has 4 rings (SSSR count). The zero-order chi connectivity index (χ0) is 27.0. The van der Waals surface area contributed by atoms with Gasteiger partial charge in [0, 0.05) is 5.41 Å². The molecule has 0 radical (unpaired) electrons. The van der Waals surface area contributed by atoms with Crippen LogP contribution in [0.1, 0.15) is 78.6 Å². The van der Waals surface area contributed by atoms with Crippen LogP contribution in [0.3, 0.4) is 0 Å². The number of ketones is 1. The lowest BCUT2D eigenvalue weighted by Crippen LogP contribution is -2.57. The van der Waals surface area contributed by atoms with E-state index in [0.717, 1.165) is 50.7 Å². The fraction of sp³-hybridized carbons (Fsp3) is 0.786. The van der Waals surface area contributed by atoms with E-state index in [1.54, 1.807) is 6.92 Å². The molecule has 3 fully saturated rings. The van der Waals surface area contributed by atoms with Crippen molar-refractivity contribution in [3.63, 3.8) is 0 Å². The Kier molecular flexibility index (Phi) is 8.15. The molecular formula is C28H42N2O6S. The first-order valence-electron chi connectivity index (χ1n) is 13.6. The van der Waals surface area contributed by atoms with Gasteiger partial charge >= 0.3 is 5.97 Å². The number of Topliss-reactive ketones (excluding diaryl/α,β-unsaturated/α-hetero) is 1. The van der Waals surface area contributed by atoms with Crippen LogP contribution in [0.2, 0.25) is 0 Å². The number of hydrogen-bond donors (Lipinski definition) is 3. The lowest BCUT2D eigenvalue weighted by molar-refractivity contribution is -0.159. The molecule has 9 heteroatoms. The van der Waals surface area contributed by atoms with Crippen molar-refractivity contribution in [2.24, 2.45) is 33.7 Å². The molecule has 8 nitrogen and oxygen atoms in total. The molecule has 3 saturated carbocycles. The second kappa shape index (κ2) is 10.7. The number of carboxylic acids is 1. The smallest absolute Gasteiger partial charge is 0.326 e. The van der Waals surface area contributed by atoms with Gasteiger partial charge in [-0.1, -0.05) is 24.6 Å². The van der Waals surface area contributed by atoms with Crippen LogP contribution in [0, 0.1) is 28.6 Å². The zero-order valence-electron chi connectivity index (χ0n) is 22.5. The molecule has 4 aliphatic rings. The maximum Gasteiger partial charge on any atom is 0.326 e. The molecule has 0 aromatic rings. The molecule has 0 spiro atoms. The Labute approximate surface area is 224 Å². The Morgan fingerprint density at radius 3 is 2.57 bits per heavy atom. The summed E-state index contributed by atoms with van der Waals surface area (Å²) < 4.78 is 0. The van der Waals surface area contributed by atoms with Crippen LogP contribution >= 0.6 is 11.8 Å². The van der Waals surface area contributed by atoms with Gasteiger partial charge < -0.3 is 20.4 Å². The highest BCUT2D eigenvalue weighted by molar-refractivity contribution is 7.98. The first-order chi connectivity index (χ1) is 17.5. The van der Waals surface area contributed by atoms with Crippen LogP contribution in [-0.4, -0.2) is 63.8 Å². The third-order valence-corrected chi connectivity index (χ3v) is 11.0. The molecule has 0 aliphatic heterocycles. The van der Waals surface area contributed by atoms with Gasteiger partial charge in [0.1, 0.15) is 11.6 Å². The molecule has 37 heavy (non-hydrogen) atoms. The number of nitrogens with one attached hydrogen (secondary N) is 1. The number of oxime groups is 1. The van der Waals surface area contributed by atoms with Gasteiger partial charge in [0.2, 0.25) is 0 Å². The fourth-order valence-corrected chi connectivity index (χ4v) is 8.61. The summed E-state index contributed by atoms with van der Waals surface area (Å²) in [4.78, 5) is 41.3. The molecule has 0 saturated heterocycles. The van der Waals surface area contributed by atoms with E-state index in [1.807, 2.05) is 6.26 Å². The van der Waals surface area contributed by atoms with Gasteiger partial charge in [0.05, 0.1) is 5.71 Å². The van der Waals surface area contributed by atoms with Crippen molar-refractivity contribution in [3.8, 4) is 0 Å². The SMILES string of the molecule is CSCCC(NC(=O)CO/N=C1\C=C2CCC3C(CC[C@@]4(C)C3CC[C@]4(O)C(C)=O)[C@@]2(C)CC1)C(=O)O. The number of fused-ring (bicyclic) bond motifs is 5. The summed E-state index contributed by atoms with van der Waals surface area (Å²) in [6, 6.07) is -0.924. The summed E-state index contributed by atoms with van der Waals surface area (Å²) >= 11 is 1.53. The van der Waals surface area contributed by atoms with E-state index >= 15 is 0 Å². The van der Waals surface area contributed by atoms with Crippen molar-refractivity contribution in [1.82, 2.24) is 5.32 Å². The first-order valence-corrected chi connectivity index (χ1v) is 15.0. The second-order valence-electron chi connectivity index (χ2n) is 12.0. The quantitative estimate of drug-likeness (QED) is 0.382. The van der Waals surface area contributed by atoms with E-state index in [-0.39, 0.29) is 23.2 Å². The molecule has 7 atom stereocenters. The summed E-state index contributed by atoms with van der Waals surface area (Å²) in [6.07, 6.45) is 11.6. The molecule has 0 bridgehead atoms. The minimum absolute atomic E-state index is 0.0730. The van der Waals surface area contributed by atoms with Crippen molar-refractivity contribution in [1.29, 1.82) is 0 Å². The van der Waals surface area contributed by atoms with Gasteiger partial charge in [-0.3, -0.25) is 9.59 Å². The number of rotatable bonds is 9. The molecular weight excluding hydrogens is 492 g/mol. The summed E-state index contributed by atoms with van der Waals surface area (Å²) in [7, 11) is 0. The minimum atomic E-state index is -1.19. The van der Waals surface area contributed by atoms with Gasteiger partial charge in [0.15, 0.2) is 12.4 Å². The van der Waals surface area contributed by atoms with Crippen LogP contribution in [0.15, 0.2) is 16.8 Å². The predicted molar refractivity (Wildman–Crippen MR) is 143 cm³/mol. The van der Waals surface area contributed by atoms with E-state index in [9.17, 15) is 24.6 Å². The summed E-state index contributed by atoms with van der Waals surface area (Å²) in [6.45, 7) is 5.76. The number of aliphatic hydroxyl groups is 1. The highest BCUT2D eigenvalue weighted by Crippen LogP contribution is 2.67. The zero-order valence-corrected chi connectivity index (χ0v) is 23.4. The lowest BCUT2D eigenvalue weighted by atomic mass is 9.46. The third-order valence-electron chi connectivity index (χ3n) is 10.3. The van der Waals surface area contributed by atoms with Crippen molar-refractivity contribution in [2.75, 3.05) is 18.6 Å². The monoisotopic (exact) mass is 534 g/mol. The van der Waals surface area contributed by atoms with E-state index < -0.39 is 23.5 Å². The number of thioether (sulfide) groups is 1. The van der Waals surface area contributed by atoms with Crippen LogP contribution in [0.5, 0.6) is 0 Å². The van der Waals surface area contributed by atoms with Crippen molar-refractivity contribution < 1.29 is 29.4 Å². The Morgan fingerprint density at radius 1 is 1.16 bits per heavy atom. The minimum Gasteiger partial charge on any atom is -0.480 e. The predicted octanol–water partition coefficient (Wildman–Crippen LogP) is 3.96. The average Bonchev–Trinajstić information content (AvgIpc) is 3.13. The number of carbonyl (C=O) groups is 3. The standard InChI is InChI=1S/C28H42N2O6S/c1-17(31)28(35)13-9-22-20-6-5-18-15-19(7-11-26(18,2)21(20)8-12-27(22,28)3)30-36-16-24(32)29-23(25(33)34)10-14-37-4/h15,20-23,35H,5-14,16H2,1-4H3,(H,29,32)(H,33,34)/b30-19-/t20?,21?,22?,23?,26-,27-,28-/m0/s1. The van der Waals surface area contributed by atoms with Crippen molar-refractivity contribution in [3.05, 3.63) is 11.6 Å². The highest BCUT2D eigenvalue weighted by atomic mass is 32.2. The molecule has 4 aliphatic carbocycles. The van der Waals surface area contributed by atoms with Gasteiger partial charge in [-0.15, -0.1) is 0 Å². The number of aliphatic carboxylic acids is 1. The topological polar surface area (TPSA) is 125 Å². The highest BCUT2D eigenvalue weighted by Gasteiger charge is 2.65. The maximum atomic E-state index is 12.4. The van der Waals surface area contributed by atoms with Gasteiger partial charge in [-0.05, 0) is 106 Å². The normalized spacial score (nSPS) is 38.6. The number of hydrogen-bond acceptors (Lipinski definition) is 7.